The summed E-state index contributed by atoms with van der Waals surface area (Å²) in [7, 11) is 3.98. The van der Waals surface area contributed by atoms with Crippen molar-refractivity contribution in [3.8, 4) is 0 Å². The lowest BCUT2D eigenvalue weighted by Crippen LogP contribution is -2.28. The molecule has 0 aliphatic carbocycles. The van der Waals surface area contributed by atoms with Gasteiger partial charge in [0.1, 0.15) is 0 Å². The number of hydrogen-bond donors (Lipinski definition) is 1. The molecular formula is C14H18N4O. The smallest absolute Gasteiger partial charge is 0.244 e. The predicted octanol–water partition coefficient (Wildman–Crippen LogP) is 1.52. The summed E-state index contributed by atoms with van der Waals surface area (Å²) < 4.78 is 5.37. The van der Waals surface area contributed by atoms with E-state index in [1.165, 1.54) is 11.1 Å². The molecule has 0 bridgehead atoms. The SMILES string of the molecule is CN(C)Cc1noc(C2Cc3ccccc3CN2)n1. The van der Waals surface area contributed by atoms with E-state index in [1.807, 2.05) is 19.0 Å². The van der Waals surface area contributed by atoms with Crippen LogP contribution >= 0.6 is 0 Å². The third kappa shape index (κ3) is 2.67. The van der Waals surface area contributed by atoms with Crippen molar-refractivity contribution in [3.05, 3.63) is 47.1 Å². The summed E-state index contributed by atoms with van der Waals surface area (Å²) in [6.45, 7) is 1.55. The molecule has 0 saturated heterocycles. The van der Waals surface area contributed by atoms with Gasteiger partial charge in [-0.15, -0.1) is 0 Å². The maximum atomic E-state index is 5.37. The Labute approximate surface area is 112 Å². The van der Waals surface area contributed by atoms with Gasteiger partial charge in [0.05, 0.1) is 12.6 Å². The van der Waals surface area contributed by atoms with Crippen LogP contribution in [0.2, 0.25) is 0 Å². The van der Waals surface area contributed by atoms with Gasteiger partial charge >= 0.3 is 0 Å². The summed E-state index contributed by atoms with van der Waals surface area (Å²) >= 11 is 0. The second-order valence-electron chi connectivity index (χ2n) is 5.19. The molecule has 1 aromatic carbocycles. The lowest BCUT2D eigenvalue weighted by molar-refractivity contribution is 0.313. The lowest BCUT2D eigenvalue weighted by Gasteiger charge is -2.23. The summed E-state index contributed by atoms with van der Waals surface area (Å²) in [4.78, 5) is 6.49. The Morgan fingerprint density at radius 3 is 2.89 bits per heavy atom. The van der Waals surface area contributed by atoms with Gasteiger partial charge in [-0.1, -0.05) is 29.4 Å². The molecule has 1 atom stereocenters. The van der Waals surface area contributed by atoms with E-state index in [4.69, 9.17) is 4.52 Å². The molecule has 1 unspecified atom stereocenters. The van der Waals surface area contributed by atoms with Crippen molar-refractivity contribution in [1.29, 1.82) is 0 Å². The van der Waals surface area contributed by atoms with Crippen molar-refractivity contribution in [1.82, 2.24) is 20.4 Å². The number of hydrogen-bond acceptors (Lipinski definition) is 5. The zero-order valence-electron chi connectivity index (χ0n) is 11.3. The van der Waals surface area contributed by atoms with E-state index in [0.29, 0.717) is 12.4 Å². The Morgan fingerprint density at radius 1 is 1.32 bits per heavy atom. The van der Waals surface area contributed by atoms with Crippen molar-refractivity contribution in [2.75, 3.05) is 14.1 Å². The average molecular weight is 258 g/mol. The van der Waals surface area contributed by atoms with Crippen molar-refractivity contribution in [2.45, 2.75) is 25.6 Å². The number of benzene rings is 1. The third-order valence-electron chi connectivity index (χ3n) is 3.32. The molecule has 3 rings (SSSR count). The molecule has 100 valence electrons. The number of nitrogens with one attached hydrogen (secondary N) is 1. The van der Waals surface area contributed by atoms with Gasteiger partial charge in [0, 0.05) is 6.54 Å². The molecule has 5 heteroatoms. The Balaban J connectivity index is 1.76. The van der Waals surface area contributed by atoms with Crippen LogP contribution in [0.4, 0.5) is 0 Å². The van der Waals surface area contributed by atoms with Crippen LogP contribution in [0.15, 0.2) is 28.8 Å². The highest BCUT2D eigenvalue weighted by atomic mass is 16.5. The summed E-state index contributed by atoms with van der Waals surface area (Å²) in [5, 5.41) is 7.47. The van der Waals surface area contributed by atoms with Crippen LogP contribution in [0.3, 0.4) is 0 Å². The number of nitrogens with zero attached hydrogens (tertiary/aromatic N) is 3. The van der Waals surface area contributed by atoms with E-state index in [0.717, 1.165) is 18.8 Å². The molecule has 2 aromatic rings. The predicted molar refractivity (Wildman–Crippen MR) is 71.4 cm³/mol. The van der Waals surface area contributed by atoms with Gasteiger partial charge in [-0.3, -0.25) is 0 Å². The van der Waals surface area contributed by atoms with Crippen LogP contribution in [-0.2, 0) is 19.5 Å². The van der Waals surface area contributed by atoms with Gasteiger partial charge in [-0.25, -0.2) is 0 Å². The molecule has 1 aromatic heterocycles. The fourth-order valence-corrected chi connectivity index (χ4v) is 2.39. The molecule has 1 aliphatic heterocycles. The minimum Gasteiger partial charge on any atom is -0.338 e. The van der Waals surface area contributed by atoms with Crippen LogP contribution in [0.5, 0.6) is 0 Å². The standard InChI is InChI=1S/C14H18N4O/c1-18(2)9-13-16-14(19-17-13)12-7-10-5-3-4-6-11(10)8-15-12/h3-6,12,15H,7-9H2,1-2H3. The summed E-state index contributed by atoms with van der Waals surface area (Å²) in [5.41, 5.74) is 2.71. The number of aromatic nitrogens is 2. The Bertz CT molecular complexity index is 564. The number of fused-ring (bicyclic) bond motifs is 1. The summed E-state index contributed by atoms with van der Waals surface area (Å²) in [6.07, 6.45) is 0.903. The summed E-state index contributed by atoms with van der Waals surface area (Å²) in [6, 6.07) is 8.60. The van der Waals surface area contributed by atoms with Gasteiger partial charge in [0.15, 0.2) is 5.82 Å². The van der Waals surface area contributed by atoms with Gasteiger partial charge in [0.25, 0.3) is 0 Å². The largest absolute Gasteiger partial charge is 0.338 e. The highest BCUT2D eigenvalue weighted by Crippen LogP contribution is 2.24. The minimum atomic E-state index is 0.123. The van der Waals surface area contributed by atoms with E-state index in [9.17, 15) is 0 Å². The fraction of sp³-hybridized carbons (Fsp3) is 0.429. The first kappa shape index (κ1) is 12.3. The van der Waals surface area contributed by atoms with Gasteiger partial charge < -0.3 is 14.7 Å². The van der Waals surface area contributed by atoms with Gasteiger partial charge in [-0.2, -0.15) is 4.98 Å². The zero-order valence-corrected chi connectivity index (χ0v) is 11.3. The quantitative estimate of drug-likeness (QED) is 0.904. The second kappa shape index (κ2) is 5.11. The molecule has 0 saturated carbocycles. The van der Waals surface area contributed by atoms with Crippen molar-refractivity contribution in [3.63, 3.8) is 0 Å². The van der Waals surface area contributed by atoms with Crippen LogP contribution in [0.25, 0.3) is 0 Å². The molecular weight excluding hydrogens is 240 g/mol. The maximum absolute atomic E-state index is 5.37. The fourth-order valence-electron chi connectivity index (χ4n) is 2.39. The lowest BCUT2D eigenvalue weighted by atomic mass is 9.96. The third-order valence-corrected chi connectivity index (χ3v) is 3.32. The Kier molecular flexibility index (Phi) is 3.31. The number of rotatable bonds is 3. The highest BCUT2D eigenvalue weighted by molar-refractivity contribution is 5.30. The molecule has 1 N–H and O–H groups in total. The Hall–Kier alpha value is -1.72. The van der Waals surface area contributed by atoms with Gasteiger partial charge in [0.2, 0.25) is 5.89 Å². The van der Waals surface area contributed by atoms with E-state index >= 15 is 0 Å². The van der Waals surface area contributed by atoms with Crippen LogP contribution in [0.1, 0.15) is 28.9 Å². The van der Waals surface area contributed by atoms with Crippen molar-refractivity contribution < 1.29 is 4.52 Å². The molecule has 0 radical (unpaired) electrons. The monoisotopic (exact) mass is 258 g/mol. The molecule has 19 heavy (non-hydrogen) atoms. The first-order chi connectivity index (χ1) is 9.22. The van der Waals surface area contributed by atoms with Crippen molar-refractivity contribution in [2.24, 2.45) is 0 Å². The molecule has 1 aliphatic rings. The topological polar surface area (TPSA) is 54.2 Å². The maximum Gasteiger partial charge on any atom is 0.244 e. The van der Waals surface area contributed by atoms with Gasteiger partial charge in [-0.05, 0) is 31.6 Å². The van der Waals surface area contributed by atoms with Crippen molar-refractivity contribution >= 4 is 0 Å². The molecule has 5 nitrogen and oxygen atoms in total. The average Bonchev–Trinajstić information content (AvgIpc) is 2.86. The van der Waals surface area contributed by atoms with E-state index in [1.54, 1.807) is 0 Å². The van der Waals surface area contributed by atoms with Crippen LogP contribution in [0, 0.1) is 0 Å². The molecule has 0 amide bonds. The molecule has 0 fully saturated rings. The Morgan fingerprint density at radius 2 is 2.11 bits per heavy atom. The minimum absolute atomic E-state index is 0.123. The first-order valence-electron chi connectivity index (χ1n) is 6.50. The first-order valence-corrected chi connectivity index (χ1v) is 6.50. The van der Waals surface area contributed by atoms with E-state index < -0.39 is 0 Å². The van der Waals surface area contributed by atoms with E-state index in [-0.39, 0.29) is 6.04 Å². The molecule has 0 spiro atoms. The van der Waals surface area contributed by atoms with Crippen LogP contribution in [-0.4, -0.2) is 29.1 Å². The van der Waals surface area contributed by atoms with E-state index in [2.05, 4.69) is 39.7 Å². The zero-order chi connectivity index (χ0) is 13.2. The highest BCUT2D eigenvalue weighted by Gasteiger charge is 2.24. The normalized spacial score (nSPS) is 18.6. The molecule has 2 heterocycles. The summed E-state index contributed by atoms with van der Waals surface area (Å²) in [5.74, 6) is 1.42. The van der Waals surface area contributed by atoms with Crippen LogP contribution < -0.4 is 5.32 Å². The second-order valence-corrected chi connectivity index (χ2v) is 5.19.